The molecular formula is C23H23Cl2N5OS. The highest BCUT2D eigenvalue weighted by atomic mass is 35.5. The molecule has 0 saturated carbocycles. The van der Waals surface area contributed by atoms with E-state index in [1.807, 2.05) is 30.5 Å². The summed E-state index contributed by atoms with van der Waals surface area (Å²) in [6.45, 7) is 6.07. The minimum Gasteiger partial charge on any atom is -0.316 e. The molecule has 0 spiro atoms. The number of amidine groups is 2. The van der Waals surface area contributed by atoms with Gasteiger partial charge in [-0.05, 0) is 74.4 Å². The zero-order valence-electron chi connectivity index (χ0n) is 18.1. The highest BCUT2D eigenvalue weighted by Gasteiger charge is 2.35. The van der Waals surface area contributed by atoms with Gasteiger partial charge in [0.2, 0.25) is 5.17 Å². The molecule has 1 amide bonds. The summed E-state index contributed by atoms with van der Waals surface area (Å²) >= 11 is 13.8. The van der Waals surface area contributed by atoms with E-state index in [2.05, 4.69) is 17.0 Å². The van der Waals surface area contributed by atoms with Crippen LogP contribution in [0.2, 0.25) is 10.0 Å². The summed E-state index contributed by atoms with van der Waals surface area (Å²) < 4.78 is 2.01. The number of halogens is 2. The van der Waals surface area contributed by atoms with E-state index in [9.17, 15) is 4.79 Å². The minimum absolute atomic E-state index is 0.0484. The number of hydrazone groups is 1. The number of hydrogen-bond donors (Lipinski definition) is 1. The number of hydrogen-bond acceptors (Lipinski definition) is 4. The van der Waals surface area contributed by atoms with Gasteiger partial charge >= 0.3 is 0 Å². The third kappa shape index (κ3) is 4.29. The molecule has 0 radical (unpaired) electrons. The molecule has 0 aliphatic carbocycles. The fourth-order valence-corrected chi connectivity index (χ4v) is 5.20. The van der Waals surface area contributed by atoms with Crippen molar-refractivity contribution in [3.05, 3.63) is 56.8 Å². The number of carbonyl (C=O) groups excluding carboxylic acids is 1. The SMILES string of the molecule is CCCCCC1=NN2C(=N)/C(=C\c3cc(C)n(-c4ccc(Cl)cc4Cl)c3C)C(=O)N=C2S1. The van der Waals surface area contributed by atoms with Gasteiger partial charge in [0.15, 0.2) is 5.84 Å². The van der Waals surface area contributed by atoms with Crippen molar-refractivity contribution in [2.45, 2.75) is 46.5 Å². The Hall–Kier alpha value is -2.35. The van der Waals surface area contributed by atoms with Crippen molar-refractivity contribution in [2.75, 3.05) is 0 Å². The van der Waals surface area contributed by atoms with Gasteiger partial charge in [-0.3, -0.25) is 10.2 Å². The lowest BCUT2D eigenvalue weighted by Gasteiger charge is -2.20. The average molecular weight is 488 g/mol. The molecule has 6 nitrogen and oxygen atoms in total. The molecule has 1 aromatic heterocycles. The zero-order chi connectivity index (χ0) is 23.0. The molecule has 0 atom stereocenters. The molecule has 0 fully saturated rings. The lowest BCUT2D eigenvalue weighted by Crippen LogP contribution is -2.35. The van der Waals surface area contributed by atoms with Crippen LogP contribution in [-0.2, 0) is 4.79 Å². The standard InChI is InChI=1S/C23H23Cl2N5OS/c1-4-5-6-7-20-28-30-21(26)17(22(31)27-23(30)32-20)11-15-10-13(2)29(14(15)3)19-9-8-16(24)12-18(19)25/h8-12,26H,4-7H2,1-3H3/b17-11+,26-21?. The number of amides is 1. The fraction of sp³-hybridized carbons (Fsp3) is 0.304. The van der Waals surface area contributed by atoms with Gasteiger partial charge in [0.05, 0.1) is 16.3 Å². The number of carbonyl (C=O) groups is 1. The van der Waals surface area contributed by atoms with Crippen LogP contribution in [0.5, 0.6) is 0 Å². The van der Waals surface area contributed by atoms with E-state index >= 15 is 0 Å². The van der Waals surface area contributed by atoms with Gasteiger partial charge in [0.25, 0.3) is 5.91 Å². The van der Waals surface area contributed by atoms with Gasteiger partial charge in [-0.1, -0.05) is 43.0 Å². The molecule has 2 aliphatic heterocycles. The lowest BCUT2D eigenvalue weighted by molar-refractivity contribution is -0.114. The van der Waals surface area contributed by atoms with Crippen LogP contribution in [-0.4, -0.2) is 31.5 Å². The number of aliphatic imine (C=N–C) groups is 1. The molecule has 9 heteroatoms. The van der Waals surface area contributed by atoms with Gasteiger partial charge < -0.3 is 4.57 Å². The van der Waals surface area contributed by atoms with E-state index in [-0.39, 0.29) is 11.4 Å². The average Bonchev–Trinajstić information content (AvgIpc) is 3.26. The van der Waals surface area contributed by atoms with E-state index in [4.69, 9.17) is 28.6 Å². The van der Waals surface area contributed by atoms with Crippen molar-refractivity contribution in [3.63, 3.8) is 0 Å². The predicted molar refractivity (Wildman–Crippen MR) is 134 cm³/mol. The summed E-state index contributed by atoms with van der Waals surface area (Å²) in [6.07, 6.45) is 5.83. The Bertz CT molecular complexity index is 1210. The maximum atomic E-state index is 12.8. The lowest BCUT2D eigenvalue weighted by atomic mass is 10.1. The molecule has 2 aliphatic rings. The van der Waals surface area contributed by atoms with Crippen LogP contribution < -0.4 is 0 Å². The first-order valence-electron chi connectivity index (χ1n) is 10.4. The number of thioether (sulfide) groups is 1. The number of nitrogens with one attached hydrogen (secondary N) is 1. The number of unbranched alkanes of at least 4 members (excludes halogenated alkanes) is 2. The quantitative estimate of drug-likeness (QED) is 0.368. The second-order valence-electron chi connectivity index (χ2n) is 7.73. The largest absolute Gasteiger partial charge is 0.316 e. The molecule has 3 heterocycles. The molecule has 166 valence electrons. The Balaban J connectivity index is 1.66. The Morgan fingerprint density at radius 3 is 2.69 bits per heavy atom. The summed E-state index contributed by atoms with van der Waals surface area (Å²) in [5.41, 5.74) is 3.69. The van der Waals surface area contributed by atoms with Crippen LogP contribution in [0.1, 0.15) is 49.6 Å². The number of fused-ring (bicyclic) bond motifs is 1. The zero-order valence-corrected chi connectivity index (χ0v) is 20.4. The first kappa shape index (κ1) is 22.8. The van der Waals surface area contributed by atoms with Crippen molar-refractivity contribution in [1.82, 2.24) is 9.58 Å². The van der Waals surface area contributed by atoms with Crippen molar-refractivity contribution >= 4 is 63.0 Å². The number of benzene rings is 1. The number of nitrogens with zero attached hydrogens (tertiary/aromatic N) is 4. The van der Waals surface area contributed by atoms with Crippen LogP contribution in [0, 0.1) is 19.3 Å². The Labute approximate surface area is 201 Å². The van der Waals surface area contributed by atoms with E-state index in [0.717, 1.165) is 53.4 Å². The molecule has 1 N–H and O–H groups in total. The maximum absolute atomic E-state index is 12.8. The van der Waals surface area contributed by atoms with Crippen molar-refractivity contribution in [3.8, 4) is 5.69 Å². The summed E-state index contributed by atoms with van der Waals surface area (Å²) in [5, 5.41) is 17.1. The Morgan fingerprint density at radius 1 is 1.19 bits per heavy atom. The van der Waals surface area contributed by atoms with Crippen LogP contribution >= 0.6 is 35.0 Å². The van der Waals surface area contributed by atoms with Gasteiger partial charge in [-0.15, -0.1) is 0 Å². The van der Waals surface area contributed by atoms with E-state index in [1.54, 1.807) is 18.2 Å². The normalized spacial score (nSPS) is 17.2. The fourth-order valence-electron chi connectivity index (χ4n) is 3.78. The Morgan fingerprint density at radius 2 is 1.97 bits per heavy atom. The second-order valence-corrected chi connectivity index (χ2v) is 9.61. The summed E-state index contributed by atoms with van der Waals surface area (Å²) in [5.74, 6) is -0.375. The molecule has 0 bridgehead atoms. The molecule has 1 aromatic carbocycles. The number of aromatic nitrogens is 1. The molecular weight excluding hydrogens is 465 g/mol. The highest BCUT2D eigenvalue weighted by Crippen LogP contribution is 2.32. The molecule has 0 saturated heterocycles. The predicted octanol–water partition coefficient (Wildman–Crippen LogP) is 6.60. The maximum Gasteiger partial charge on any atom is 0.283 e. The van der Waals surface area contributed by atoms with E-state index in [1.165, 1.54) is 16.8 Å². The van der Waals surface area contributed by atoms with Gasteiger partial charge in [-0.2, -0.15) is 15.1 Å². The summed E-state index contributed by atoms with van der Waals surface area (Å²) in [4.78, 5) is 16.9. The highest BCUT2D eigenvalue weighted by molar-refractivity contribution is 8.26. The van der Waals surface area contributed by atoms with Crippen LogP contribution in [0.25, 0.3) is 11.8 Å². The Kier molecular flexibility index (Phi) is 6.60. The smallest absolute Gasteiger partial charge is 0.283 e. The van der Waals surface area contributed by atoms with E-state index < -0.39 is 5.91 Å². The number of rotatable bonds is 6. The van der Waals surface area contributed by atoms with Crippen molar-refractivity contribution in [1.29, 1.82) is 5.41 Å². The molecule has 32 heavy (non-hydrogen) atoms. The molecule has 2 aromatic rings. The first-order chi connectivity index (χ1) is 15.3. The van der Waals surface area contributed by atoms with Gasteiger partial charge in [0, 0.05) is 16.4 Å². The third-order valence-corrected chi connectivity index (χ3v) is 6.92. The van der Waals surface area contributed by atoms with Gasteiger partial charge in [0.1, 0.15) is 5.04 Å². The molecule has 0 unspecified atom stereocenters. The molecule has 4 rings (SSSR count). The summed E-state index contributed by atoms with van der Waals surface area (Å²) in [6, 6.07) is 7.32. The summed E-state index contributed by atoms with van der Waals surface area (Å²) in [7, 11) is 0. The topological polar surface area (TPSA) is 73.8 Å². The minimum atomic E-state index is -0.423. The monoisotopic (exact) mass is 487 g/mol. The van der Waals surface area contributed by atoms with Gasteiger partial charge in [-0.25, -0.2) is 0 Å². The van der Waals surface area contributed by atoms with Crippen LogP contribution in [0.4, 0.5) is 0 Å². The van der Waals surface area contributed by atoms with Crippen LogP contribution in [0.15, 0.2) is 39.9 Å². The van der Waals surface area contributed by atoms with Crippen molar-refractivity contribution in [2.24, 2.45) is 10.1 Å². The van der Waals surface area contributed by atoms with Crippen molar-refractivity contribution < 1.29 is 4.79 Å². The first-order valence-corrected chi connectivity index (χ1v) is 12.0. The third-order valence-electron chi connectivity index (χ3n) is 5.41. The number of aryl methyl sites for hydroxylation is 1. The second kappa shape index (κ2) is 9.25. The van der Waals surface area contributed by atoms with Crippen LogP contribution in [0.3, 0.4) is 0 Å². The van der Waals surface area contributed by atoms with E-state index in [0.29, 0.717) is 15.2 Å².